The van der Waals surface area contributed by atoms with Crippen molar-refractivity contribution in [3.63, 3.8) is 0 Å². The fraction of sp³-hybridized carbons (Fsp3) is 0.111. The third kappa shape index (κ3) is 1.36. The smallest absolute Gasteiger partial charge is 0.109 e. The molecule has 0 amide bonds. The van der Waals surface area contributed by atoms with Crippen molar-refractivity contribution in [3.05, 3.63) is 34.1 Å². The second-order valence-corrected chi connectivity index (χ2v) is 3.53. The minimum absolute atomic E-state index is 0.437. The third-order valence-electron chi connectivity index (χ3n) is 1.85. The van der Waals surface area contributed by atoms with Gasteiger partial charge in [-0.3, -0.25) is 9.97 Å². The molecule has 0 saturated carbocycles. The van der Waals surface area contributed by atoms with Gasteiger partial charge in [0.25, 0.3) is 0 Å². The lowest BCUT2D eigenvalue weighted by atomic mass is 10.2. The maximum Gasteiger partial charge on any atom is 0.109 e. The second kappa shape index (κ2) is 3.13. The molecule has 0 fully saturated rings. The van der Waals surface area contributed by atoms with E-state index in [1.165, 1.54) is 0 Å². The summed E-state index contributed by atoms with van der Waals surface area (Å²) in [6.07, 6.45) is 3.24. The van der Waals surface area contributed by atoms with Crippen molar-refractivity contribution in [3.8, 4) is 0 Å². The van der Waals surface area contributed by atoms with Gasteiger partial charge in [-0.1, -0.05) is 23.2 Å². The number of fused-ring (bicyclic) bond motifs is 1. The Balaban J connectivity index is 2.94. The average molecular weight is 213 g/mol. The molecule has 66 valence electrons. The Bertz CT molecular complexity index is 468. The van der Waals surface area contributed by atoms with Gasteiger partial charge in [-0.15, -0.1) is 0 Å². The van der Waals surface area contributed by atoms with E-state index in [0.29, 0.717) is 15.6 Å². The maximum absolute atomic E-state index is 5.96. The zero-order valence-electron chi connectivity index (χ0n) is 6.88. The minimum atomic E-state index is 0.437. The Kier molecular flexibility index (Phi) is 2.10. The molecule has 0 aliphatic carbocycles. The summed E-state index contributed by atoms with van der Waals surface area (Å²) < 4.78 is 0. The molecule has 0 aliphatic heterocycles. The largest absolute Gasteiger partial charge is 0.253 e. The summed E-state index contributed by atoms with van der Waals surface area (Å²) in [5.74, 6) is 0. The van der Waals surface area contributed by atoms with E-state index < -0.39 is 0 Å². The monoisotopic (exact) mass is 212 g/mol. The molecule has 0 bridgehead atoms. The van der Waals surface area contributed by atoms with E-state index in [4.69, 9.17) is 23.2 Å². The van der Waals surface area contributed by atoms with E-state index in [9.17, 15) is 0 Å². The summed E-state index contributed by atoms with van der Waals surface area (Å²) >= 11 is 11.8. The van der Waals surface area contributed by atoms with Gasteiger partial charge >= 0.3 is 0 Å². The molecule has 0 unspecified atom stereocenters. The minimum Gasteiger partial charge on any atom is -0.253 e. The molecule has 4 heteroatoms. The van der Waals surface area contributed by atoms with Gasteiger partial charge in [-0.25, -0.2) is 0 Å². The first-order valence-electron chi connectivity index (χ1n) is 3.75. The lowest BCUT2D eigenvalue weighted by Crippen LogP contribution is -1.87. The summed E-state index contributed by atoms with van der Waals surface area (Å²) in [7, 11) is 0. The van der Waals surface area contributed by atoms with Crippen LogP contribution in [0, 0.1) is 6.92 Å². The first kappa shape index (κ1) is 8.73. The summed E-state index contributed by atoms with van der Waals surface area (Å²) in [6.45, 7) is 1.96. The highest BCUT2D eigenvalue weighted by molar-refractivity contribution is 6.44. The van der Waals surface area contributed by atoms with Crippen molar-refractivity contribution < 1.29 is 0 Å². The maximum atomic E-state index is 5.96. The first-order chi connectivity index (χ1) is 6.20. The highest BCUT2D eigenvalue weighted by Gasteiger charge is 2.06. The van der Waals surface area contributed by atoms with Gasteiger partial charge in [0.05, 0.1) is 15.6 Å². The van der Waals surface area contributed by atoms with Crippen molar-refractivity contribution in [2.45, 2.75) is 6.92 Å². The molecule has 2 rings (SSSR count). The molecule has 0 atom stereocenters. The Morgan fingerprint density at radius 3 is 2.69 bits per heavy atom. The number of rotatable bonds is 0. The van der Waals surface area contributed by atoms with Gasteiger partial charge in [-0.05, 0) is 18.6 Å². The van der Waals surface area contributed by atoms with Crippen molar-refractivity contribution in [1.82, 2.24) is 9.97 Å². The number of halogens is 2. The topological polar surface area (TPSA) is 25.8 Å². The molecule has 0 spiro atoms. The molecule has 2 aromatic heterocycles. The van der Waals surface area contributed by atoms with Crippen LogP contribution in [-0.2, 0) is 0 Å². The van der Waals surface area contributed by atoms with Gasteiger partial charge in [0.2, 0.25) is 0 Å². The number of pyridine rings is 2. The zero-order chi connectivity index (χ0) is 9.42. The van der Waals surface area contributed by atoms with E-state index in [1.807, 2.05) is 13.0 Å². The molecular weight excluding hydrogens is 207 g/mol. The number of nitrogens with zero attached hydrogens (tertiary/aromatic N) is 2. The predicted molar refractivity (Wildman–Crippen MR) is 54.3 cm³/mol. The van der Waals surface area contributed by atoms with Crippen LogP contribution in [-0.4, -0.2) is 9.97 Å². The normalized spacial score (nSPS) is 10.7. The molecule has 2 nitrogen and oxygen atoms in total. The van der Waals surface area contributed by atoms with Crippen molar-refractivity contribution in [2.24, 2.45) is 0 Å². The van der Waals surface area contributed by atoms with Gasteiger partial charge in [0.1, 0.15) is 5.52 Å². The van der Waals surface area contributed by atoms with Crippen LogP contribution in [0.2, 0.25) is 10.0 Å². The Morgan fingerprint density at radius 2 is 1.92 bits per heavy atom. The van der Waals surface area contributed by atoms with E-state index in [1.54, 1.807) is 12.4 Å². The summed E-state index contributed by atoms with van der Waals surface area (Å²) in [5.41, 5.74) is 2.51. The number of hydrogen-bond donors (Lipinski definition) is 0. The molecule has 0 aromatic carbocycles. The van der Waals surface area contributed by atoms with Crippen LogP contribution >= 0.6 is 23.2 Å². The quantitative estimate of drug-likeness (QED) is 0.671. The van der Waals surface area contributed by atoms with E-state index in [-0.39, 0.29) is 0 Å². The Hall–Kier alpha value is -0.860. The highest BCUT2D eigenvalue weighted by Crippen LogP contribution is 2.28. The highest BCUT2D eigenvalue weighted by atomic mass is 35.5. The third-order valence-corrected chi connectivity index (χ3v) is 2.62. The molecule has 2 aromatic rings. The fourth-order valence-electron chi connectivity index (χ4n) is 1.17. The molecule has 0 aliphatic rings. The lowest BCUT2D eigenvalue weighted by Gasteiger charge is -2.02. The molecule has 0 N–H and O–H groups in total. The van der Waals surface area contributed by atoms with Crippen LogP contribution in [0.1, 0.15) is 5.56 Å². The van der Waals surface area contributed by atoms with Crippen LogP contribution in [0.4, 0.5) is 0 Å². The van der Waals surface area contributed by atoms with E-state index in [0.717, 1.165) is 11.1 Å². The Morgan fingerprint density at radius 1 is 1.15 bits per heavy atom. The Labute approximate surface area is 85.5 Å². The summed E-state index contributed by atoms with van der Waals surface area (Å²) in [6, 6.07) is 1.89. The summed E-state index contributed by atoms with van der Waals surface area (Å²) in [4.78, 5) is 8.29. The number of aromatic nitrogens is 2. The average Bonchev–Trinajstić information content (AvgIpc) is 2.12. The number of hydrogen-bond acceptors (Lipinski definition) is 2. The second-order valence-electron chi connectivity index (χ2n) is 2.75. The van der Waals surface area contributed by atoms with Gasteiger partial charge in [0, 0.05) is 12.4 Å². The molecule has 2 heterocycles. The zero-order valence-corrected chi connectivity index (χ0v) is 8.39. The van der Waals surface area contributed by atoms with E-state index >= 15 is 0 Å². The molecule has 0 saturated heterocycles. The predicted octanol–water partition coefficient (Wildman–Crippen LogP) is 3.25. The van der Waals surface area contributed by atoms with Crippen molar-refractivity contribution in [1.29, 1.82) is 0 Å². The van der Waals surface area contributed by atoms with Gasteiger partial charge in [0.15, 0.2) is 0 Å². The fourth-order valence-corrected chi connectivity index (χ4v) is 1.49. The molecule has 13 heavy (non-hydrogen) atoms. The van der Waals surface area contributed by atoms with Crippen LogP contribution in [0.25, 0.3) is 11.0 Å². The van der Waals surface area contributed by atoms with Gasteiger partial charge in [-0.2, -0.15) is 0 Å². The van der Waals surface area contributed by atoms with Crippen molar-refractivity contribution in [2.75, 3.05) is 0 Å². The van der Waals surface area contributed by atoms with Crippen LogP contribution in [0.15, 0.2) is 18.5 Å². The summed E-state index contributed by atoms with van der Waals surface area (Å²) in [5, 5.41) is 0.905. The van der Waals surface area contributed by atoms with Crippen molar-refractivity contribution >= 4 is 34.2 Å². The molecular formula is C9H6Cl2N2. The van der Waals surface area contributed by atoms with E-state index in [2.05, 4.69) is 9.97 Å². The van der Waals surface area contributed by atoms with Crippen LogP contribution < -0.4 is 0 Å². The SMILES string of the molecule is Cc1ccnc2c(Cl)c(Cl)cnc12. The first-order valence-corrected chi connectivity index (χ1v) is 4.51. The number of aryl methyl sites for hydroxylation is 1. The van der Waals surface area contributed by atoms with Crippen LogP contribution in [0.5, 0.6) is 0 Å². The molecule has 0 radical (unpaired) electrons. The van der Waals surface area contributed by atoms with Crippen LogP contribution in [0.3, 0.4) is 0 Å². The van der Waals surface area contributed by atoms with Gasteiger partial charge < -0.3 is 0 Å². The standard InChI is InChI=1S/C9H6Cl2N2/c1-5-2-3-12-9-7(11)6(10)4-13-8(5)9/h2-4H,1H3. The lowest BCUT2D eigenvalue weighted by molar-refractivity contribution is 1.30.